The van der Waals surface area contributed by atoms with E-state index in [0.717, 1.165) is 16.5 Å². The number of aliphatic carboxylic acids is 1. The highest BCUT2D eigenvalue weighted by Crippen LogP contribution is 2.19. The number of carboxylic acid groups (broad SMARTS) is 1. The Morgan fingerprint density at radius 2 is 1.65 bits per heavy atom. The summed E-state index contributed by atoms with van der Waals surface area (Å²) in [6.45, 7) is 0. The molecule has 4 nitrogen and oxygen atoms in total. The number of amides is 1. The van der Waals surface area contributed by atoms with Crippen molar-refractivity contribution in [3.8, 4) is 0 Å². The van der Waals surface area contributed by atoms with E-state index < -0.39 is 5.97 Å². The number of unbranched alkanes of at least 4 members (excludes halogenated alkanes) is 1. The molecule has 4 heteroatoms. The first kappa shape index (κ1) is 14.1. The van der Waals surface area contributed by atoms with Gasteiger partial charge < -0.3 is 10.4 Å². The first-order valence-corrected chi connectivity index (χ1v) is 6.65. The second-order valence-corrected chi connectivity index (χ2v) is 4.71. The highest BCUT2D eigenvalue weighted by molar-refractivity contribution is 5.94. The van der Waals surface area contributed by atoms with Crippen molar-refractivity contribution in [2.45, 2.75) is 25.7 Å². The highest BCUT2D eigenvalue weighted by Gasteiger charge is 2.04. The second-order valence-electron chi connectivity index (χ2n) is 4.71. The zero-order chi connectivity index (χ0) is 14.4. The summed E-state index contributed by atoms with van der Waals surface area (Å²) in [5.41, 5.74) is 0.770. The number of carboxylic acids is 1. The third-order valence-corrected chi connectivity index (χ3v) is 3.08. The smallest absolute Gasteiger partial charge is 0.303 e. The normalized spacial score (nSPS) is 10.4. The van der Waals surface area contributed by atoms with Gasteiger partial charge in [0.15, 0.2) is 0 Å². The molecule has 0 atom stereocenters. The Hall–Kier alpha value is -2.36. The van der Waals surface area contributed by atoms with E-state index in [4.69, 9.17) is 5.11 Å². The zero-order valence-corrected chi connectivity index (χ0v) is 11.1. The summed E-state index contributed by atoms with van der Waals surface area (Å²) >= 11 is 0. The SMILES string of the molecule is O=C(O)CCCCC(=O)Nc1ccc2ccccc2c1. The fraction of sp³-hybridized carbons (Fsp3) is 0.250. The molecule has 0 aromatic heterocycles. The van der Waals surface area contributed by atoms with Crippen LogP contribution in [0.25, 0.3) is 10.8 Å². The average molecular weight is 271 g/mol. The van der Waals surface area contributed by atoms with E-state index in [1.807, 2.05) is 42.5 Å². The topological polar surface area (TPSA) is 66.4 Å². The first-order valence-electron chi connectivity index (χ1n) is 6.65. The summed E-state index contributed by atoms with van der Waals surface area (Å²) in [6, 6.07) is 13.7. The van der Waals surface area contributed by atoms with Crippen LogP contribution in [0.2, 0.25) is 0 Å². The number of carbonyl (C=O) groups is 2. The van der Waals surface area contributed by atoms with Crippen molar-refractivity contribution in [3.63, 3.8) is 0 Å². The van der Waals surface area contributed by atoms with Crippen molar-refractivity contribution >= 4 is 28.3 Å². The van der Waals surface area contributed by atoms with Crippen LogP contribution in [0.3, 0.4) is 0 Å². The molecule has 20 heavy (non-hydrogen) atoms. The molecule has 104 valence electrons. The molecule has 0 radical (unpaired) electrons. The standard InChI is InChI=1S/C16H17NO3/c18-15(7-3-4-8-16(19)20)17-14-10-9-12-5-1-2-6-13(12)11-14/h1-2,5-6,9-11H,3-4,7-8H2,(H,17,18)(H,19,20). The van der Waals surface area contributed by atoms with Gasteiger partial charge in [-0.3, -0.25) is 9.59 Å². The molecule has 1 amide bonds. The number of benzene rings is 2. The van der Waals surface area contributed by atoms with Crippen LogP contribution in [0.4, 0.5) is 5.69 Å². The summed E-state index contributed by atoms with van der Waals surface area (Å²) in [4.78, 5) is 22.1. The van der Waals surface area contributed by atoms with Gasteiger partial charge in [-0.2, -0.15) is 0 Å². The molecule has 0 saturated heterocycles. The summed E-state index contributed by atoms with van der Waals surface area (Å²) in [5.74, 6) is -0.898. The minimum absolute atomic E-state index is 0.0781. The minimum Gasteiger partial charge on any atom is -0.481 e. The Kier molecular flexibility index (Phi) is 4.71. The van der Waals surface area contributed by atoms with Gasteiger partial charge in [-0.1, -0.05) is 30.3 Å². The number of fused-ring (bicyclic) bond motifs is 1. The molecule has 0 bridgehead atoms. The predicted molar refractivity (Wildman–Crippen MR) is 78.7 cm³/mol. The average Bonchev–Trinajstić information content (AvgIpc) is 2.43. The van der Waals surface area contributed by atoms with Gasteiger partial charge >= 0.3 is 5.97 Å². The van der Waals surface area contributed by atoms with Crippen molar-refractivity contribution in [1.29, 1.82) is 0 Å². The Bertz CT molecular complexity index is 622. The van der Waals surface area contributed by atoms with Gasteiger partial charge in [-0.15, -0.1) is 0 Å². The van der Waals surface area contributed by atoms with E-state index >= 15 is 0 Å². The summed E-state index contributed by atoms with van der Waals surface area (Å²) < 4.78 is 0. The number of hydrogen-bond donors (Lipinski definition) is 2. The lowest BCUT2D eigenvalue weighted by Crippen LogP contribution is -2.11. The van der Waals surface area contributed by atoms with Gasteiger partial charge in [-0.05, 0) is 35.7 Å². The molecule has 0 aliphatic rings. The number of hydrogen-bond acceptors (Lipinski definition) is 2. The number of nitrogens with one attached hydrogen (secondary N) is 1. The molecule has 0 unspecified atom stereocenters. The number of rotatable bonds is 6. The van der Waals surface area contributed by atoms with Crippen LogP contribution < -0.4 is 5.32 Å². The maximum atomic E-state index is 11.7. The van der Waals surface area contributed by atoms with E-state index in [1.54, 1.807) is 0 Å². The quantitative estimate of drug-likeness (QED) is 0.791. The van der Waals surface area contributed by atoms with Crippen LogP contribution in [-0.2, 0) is 9.59 Å². The second kappa shape index (κ2) is 6.70. The molecule has 0 aliphatic heterocycles. The molecule has 0 fully saturated rings. The molecular formula is C16H17NO3. The van der Waals surface area contributed by atoms with Crippen molar-refractivity contribution in [3.05, 3.63) is 42.5 Å². The van der Waals surface area contributed by atoms with Crippen LogP contribution in [0.15, 0.2) is 42.5 Å². The summed E-state index contributed by atoms with van der Waals surface area (Å²) in [5, 5.41) is 13.6. The Morgan fingerprint density at radius 3 is 2.40 bits per heavy atom. The van der Waals surface area contributed by atoms with E-state index in [0.29, 0.717) is 19.3 Å². The van der Waals surface area contributed by atoms with Crippen LogP contribution in [0.1, 0.15) is 25.7 Å². The van der Waals surface area contributed by atoms with Gasteiger partial charge in [-0.25, -0.2) is 0 Å². The Balaban J connectivity index is 1.88. The number of carbonyl (C=O) groups excluding carboxylic acids is 1. The molecule has 0 aliphatic carbocycles. The maximum Gasteiger partial charge on any atom is 0.303 e. The summed E-state index contributed by atoms with van der Waals surface area (Å²) in [7, 11) is 0. The highest BCUT2D eigenvalue weighted by atomic mass is 16.4. The predicted octanol–water partition coefficient (Wildman–Crippen LogP) is 3.42. The number of anilines is 1. The van der Waals surface area contributed by atoms with E-state index in [-0.39, 0.29) is 12.3 Å². The zero-order valence-electron chi connectivity index (χ0n) is 11.1. The molecule has 2 rings (SSSR count). The lowest BCUT2D eigenvalue weighted by Gasteiger charge is -2.06. The lowest BCUT2D eigenvalue weighted by atomic mass is 10.1. The molecular weight excluding hydrogens is 254 g/mol. The van der Waals surface area contributed by atoms with Crippen molar-refractivity contribution in [2.75, 3.05) is 5.32 Å². The first-order chi connectivity index (χ1) is 9.65. The van der Waals surface area contributed by atoms with Crippen LogP contribution in [-0.4, -0.2) is 17.0 Å². The van der Waals surface area contributed by atoms with Crippen molar-refractivity contribution in [1.82, 2.24) is 0 Å². The van der Waals surface area contributed by atoms with E-state index in [9.17, 15) is 9.59 Å². The van der Waals surface area contributed by atoms with Crippen LogP contribution >= 0.6 is 0 Å². The molecule has 0 saturated carbocycles. The third kappa shape index (κ3) is 4.09. The molecule has 2 aromatic carbocycles. The van der Waals surface area contributed by atoms with Gasteiger partial charge in [0.25, 0.3) is 0 Å². The molecule has 0 heterocycles. The monoisotopic (exact) mass is 271 g/mol. The Morgan fingerprint density at radius 1 is 0.950 bits per heavy atom. The van der Waals surface area contributed by atoms with Gasteiger partial charge in [0.05, 0.1) is 0 Å². The van der Waals surface area contributed by atoms with E-state index in [1.165, 1.54) is 0 Å². The molecule has 2 aromatic rings. The third-order valence-electron chi connectivity index (χ3n) is 3.08. The summed E-state index contributed by atoms with van der Waals surface area (Å²) in [6.07, 6.45) is 1.58. The van der Waals surface area contributed by atoms with Crippen LogP contribution in [0, 0.1) is 0 Å². The Labute approximate surface area is 117 Å². The van der Waals surface area contributed by atoms with Crippen molar-refractivity contribution < 1.29 is 14.7 Å². The van der Waals surface area contributed by atoms with Gasteiger partial charge in [0.2, 0.25) is 5.91 Å². The van der Waals surface area contributed by atoms with E-state index in [2.05, 4.69) is 5.32 Å². The van der Waals surface area contributed by atoms with Crippen LogP contribution in [0.5, 0.6) is 0 Å². The fourth-order valence-corrected chi connectivity index (χ4v) is 2.05. The largest absolute Gasteiger partial charge is 0.481 e. The van der Waals surface area contributed by atoms with Gasteiger partial charge in [0.1, 0.15) is 0 Å². The van der Waals surface area contributed by atoms with Crippen molar-refractivity contribution in [2.24, 2.45) is 0 Å². The minimum atomic E-state index is -0.820. The molecule has 0 spiro atoms. The lowest BCUT2D eigenvalue weighted by molar-refractivity contribution is -0.137. The molecule has 2 N–H and O–H groups in total. The fourth-order valence-electron chi connectivity index (χ4n) is 2.05. The van der Waals surface area contributed by atoms with Gasteiger partial charge in [0, 0.05) is 18.5 Å². The maximum absolute atomic E-state index is 11.7.